The normalized spacial score (nSPS) is 10.1. The molecule has 0 aromatic heterocycles. The Hall–Kier alpha value is -1.61. The van der Waals surface area contributed by atoms with Crippen molar-refractivity contribution in [1.29, 1.82) is 0 Å². The monoisotopic (exact) mass is 261 g/mol. The lowest BCUT2D eigenvalue weighted by atomic mass is 10.1. The summed E-state index contributed by atoms with van der Waals surface area (Å²) in [5.41, 5.74) is 3.54. The molecule has 0 radical (unpaired) electrons. The third kappa shape index (κ3) is 6.77. The third-order valence-electron chi connectivity index (χ3n) is 2.69. The molecule has 0 fully saturated rings. The summed E-state index contributed by atoms with van der Waals surface area (Å²) in [6.07, 6.45) is 2.57. The molecule has 0 spiro atoms. The molecule has 0 bridgehead atoms. The van der Waals surface area contributed by atoms with Gasteiger partial charge in [0, 0.05) is 19.2 Å². The number of hydrogen-bond donors (Lipinski definition) is 1. The maximum Gasteiger partial charge on any atom is 0.330 e. The van der Waals surface area contributed by atoms with Gasteiger partial charge in [0.1, 0.15) is 6.61 Å². The van der Waals surface area contributed by atoms with Crippen molar-refractivity contribution in [3.63, 3.8) is 0 Å². The molecule has 3 nitrogen and oxygen atoms in total. The SMILES string of the molecule is CCc1ccc(CNCCOC(=O)C=C(C)C)cc1. The van der Waals surface area contributed by atoms with Crippen LogP contribution in [0, 0.1) is 0 Å². The highest BCUT2D eigenvalue weighted by Gasteiger charge is 1.97. The number of ether oxygens (including phenoxy) is 1. The number of carbonyl (C=O) groups is 1. The predicted molar refractivity (Wildman–Crippen MR) is 77.9 cm³/mol. The molecule has 3 heteroatoms. The largest absolute Gasteiger partial charge is 0.461 e. The number of rotatable bonds is 7. The fraction of sp³-hybridized carbons (Fsp3) is 0.438. The first-order valence-electron chi connectivity index (χ1n) is 6.72. The molecule has 0 saturated carbocycles. The average molecular weight is 261 g/mol. The summed E-state index contributed by atoms with van der Waals surface area (Å²) in [6, 6.07) is 8.54. The summed E-state index contributed by atoms with van der Waals surface area (Å²) in [7, 11) is 0. The van der Waals surface area contributed by atoms with Gasteiger partial charge in [0.2, 0.25) is 0 Å². The molecule has 0 unspecified atom stereocenters. The van der Waals surface area contributed by atoms with Crippen LogP contribution >= 0.6 is 0 Å². The van der Waals surface area contributed by atoms with Crippen molar-refractivity contribution in [2.45, 2.75) is 33.7 Å². The van der Waals surface area contributed by atoms with Gasteiger partial charge in [-0.15, -0.1) is 0 Å². The molecule has 0 amide bonds. The van der Waals surface area contributed by atoms with E-state index in [1.807, 2.05) is 13.8 Å². The molecular formula is C16H23NO2. The molecular weight excluding hydrogens is 238 g/mol. The molecule has 19 heavy (non-hydrogen) atoms. The van der Waals surface area contributed by atoms with E-state index in [4.69, 9.17) is 4.74 Å². The molecule has 104 valence electrons. The van der Waals surface area contributed by atoms with E-state index in [9.17, 15) is 4.79 Å². The van der Waals surface area contributed by atoms with Gasteiger partial charge in [-0.2, -0.15) is 0 Å². The van der Waals surface area contributed by atoms with Gasteiger partial charge in [-0.05, 0) is 31.4 Å². The second-order valence-corrected chi connectivity index (χ2v) is 4.74. The van der Waals surface area contributed by atoms with E-state index in [-0.39, 0.29) is 5.97 Å². The molecule has 1 aromatic carbocycles. The van der Waals surface area contributed by atoms with Gasteiger partial charge in [0.05, 0.1) is 0 Å². The summed E-state index contributed by atoms with van der Waals surface area (Å²) in [4.78, 5) is 11.2. The van der Waals surface area contributed by atoms with Crippen molar-refractivity contribution in [1.82, 2.24) is 5.32 Å². The number of hydrogen-bond acceptors (Lipinski definition) is 3. The van der Waals surface area contributed by atoms with Crippen molar-refractivity contribution in [3.8, 4) is 0 Å². The van der Waals surface area contributed by atoms with Gasteiger partial charge in [0.25, 0.3) is 0 Å². The number of aryl methyl sites for hydroxylation is 1. The number of nitrogens with one attached hydrogen (secondary N) is 1. The second kappa shape index (κ2) is 8.48. The second-order valence-electron chi connectivity index (χ2n) is 4.74. The van der Waals surface area contributed by atoms with Crippen LogP contribution < -0.4 is 5.32 Å². The van der Waals surface area contributed by atoms with Crippen LogP contribution in [0.25, 0.3) is 0 Å². The van der Waals surface area contributed by atoms with E-state index in [0.717, 1.165) is 18.5 Å². The lowest BCUT2D eigenvalue weighted by Gasteiger charge is -2.06. The molecule has 0 aliphatic rings. The maximum absolute atomic E-state index is 11.2. The summed E-state index contributed by atoms with van der Waals surface area (Å²) >= 11 is 0. The van der Waals surface area contributed by atoms with Gasteiger partial charge in [-0.25, -0.2) is 4.79 Å². The highest BCUT2D eigenvalue weighted by Crippen LogP contribution is 2.04. The third-order valence-corrected chi connectivity index (χ3v) is 2.69. The van der Waals surface area contributed by atoms with E-state index >= 15 is 0 Å². The molecule has 0 aliphatic carbocycles. The van der Waals surface area contributed by atoms with Gasteiger partial charge in [-0.1, -0.05) is 36.8 Å². The number of esters is 1. The Morgan fingerprint density at radius 1 is 1.21 bits per heavy atom. The fourth-order valence-corrected chi connectivity index (χ4v) is 1.63. The van der Waals surface area contributed by atoms with Crippen LogP contribution in [0.3, 0.4) is 0 Å². The predicted octanol–water partition coefficient (Wildman–Crippen LogP) is 2.85. The Morgan fingerprint density at radius 3 is 2.42 bits per heavy atom. The van der Waals surface area contributed by atoms with Crippen molar-refractivity contribution < 1.29 is 9.53 Å². The summed E-state index contributed by atoms with van der Waals surface area (Å²) < 4.78 is 5.05. The number of benzene rings is 1. The molecule has 0 heterocycles. The lowest BCUT2D eigenvalue weighted by Crippen LogP contribution is -2.20. The highest BCUT2D eigenvalue weighted by atomic mass is 16.5. The van der Waals surface area contributed by atoms with Crippen molar-refractivity contribution in [3.05, 3.63) is 47.0 Å². The molecule has 1 N–H and O–H groups in total. The number of carbonyl (C=O) groups excluding carboxylic acids is 1. The summed E-state index contributed by atoms with van der Waals surface area (Å²) in [6.45, 7) is 7.75. The molecule has 1 aromatic rings. The minimum Gasteiger partial charge on any atom is -0.461 e. The zero-order valence-electron chi connectivity index (χ0n) is 12.0. The van der Waals surface area contributed by atoms with E-state index in [1.54, 1.807) is 0 Å². The van der Waals surface area contributed by atoms with Gasteiger partial charge >= 0.3 is 5.97 Å². The van der Waals surface area contributed by atoms with Crippen LogP contribution in [0.15, 0.2) is 35.9 Å². The Balaban J connectivity index is 2.17. The first-order chi connectivity index (χ1) is 9.11. The highest BCUT2D eigenvalue weighted by molar-refractivity contribution is 5.82. The maximum atomic E-state index is 11.2. The first kappa shape index (κ1) is 15.4. The van der Waals surface area contributed by atoms with Crippen molar-refractivity contribution >= 4 is 5.97 Å². The smallest absolute Gasteiger partial charge is 0.330 e. The van der Waals surface area contributed by atoms with Gasteiger partial charge in [0.15, 0.2) is 0 Å². The summed E-state index contributed by atoms with van der Waals surface area (Å²) in [5.74, 6) is -0.269. The van der Waals surface area contributed by atoms with Gasteiger partial charge < -0.3 is 10.1 Å². The molecule has 0 atom stereocenters. The van der Waals surface area contributed by atoms with Crippen LogP contribution in [0.4, 0.5) is 0 Å². The van der Waals surface area contributed by atoms with Crippen LogP contribution in [0.2, 0.25) is 0 Å². The Kier molecular flexibility index (Phi) is 6.90. The average Bonchev–Trinajstić information content (AvgIpc) is 2.38. The van der Waals surface area contributed by atoms with E-state index in [1.165, 1.54) is 17.2 Å². The topological polar surface area (TPSA) is 38.3 Å². The van der Waals surface area contributed by atoms with Crippen molar-refractivity contribution in [2.24, 2.45) is 0 Å². The minimum absolute atomic E-state index is 0.269. The quantitative estimate of drug-likeness (QED) is 0.466. The van der Waals surface area contributed by atoms with E-state index in [0.29, 0.717) is 13.2 Å². The molecule has 0 saturated heterocycles. The fourth-order valence-electron chi connectivity index (χ4n) is 1.63. The van der Waals surface area contributed by atoms with E-state index < -0.39 is 0 Å². The minimum atomic E-state index is -0.269. The molecule has 0 aliphatic heterocycles. The first-order valence-corrected chi connectivity index (χ1v) is 6.72. The van der Waals surface area contributed by atoms with Crippen LogP contribution in [-0.2, 0) is 22.5 Å². The van der Waals surface area contributed by atoms with Crippen molar-refractivity contribution in [2.75, 3.05) is 13.2 Å². The Bertz CT molecular complexity index is 417. The Labute approximate surface area is 115 Å². The summed E-state index contributed by atoms with van der Waals surface area (Å²) in [5, 5.41) is 3.25. The zero-order valence-corrected chi connectivity index (χ0v) is 12.0. The number of allylic oxidation sites excluding steroid dienone is 1. The zero-order chi connectivity index (χ0) is 14.1. The van der Waals surface area contributed by atoms with Crippen LogP contribution in [0.5, 0.6) is 0 Å². The Morgan fingerprint density at radius 2 is 1.84 bits per heavy atom. The standard InChI is InChI=1S/C16H23NO2/c1-4-14-5-7-15(8-6-14)12-17-9-10-19-16(18)11-13(2)3/h5-8,11,17H,4,9-10,12H2,1-3H3. The van der Waals surface area contributed by atoms with Crippen LogP contribution in [0.1, 0.15) is 31.9 Å². The van der Waals surface area contributed by atoms with Crippen LogP contribution in [-0.4, -0.2) is 19.1 Å². The van der Waals surface area contributed by atoms with Gasteiger partial charge in [-0.3, -0.25) is 0 Å². The molecule has 1 rings (SSSR count). The van der Waals surface area contributed by atoms with E-state index in [2.05, 4.69) is 36.5 Å². The lowest BCUT2D eigenvalue weighted by molar-refractivity contribution is -0.137.